The highest BCUT2D eigenvalue weighted by Gasteiger charge is 2.26. The van der Waals surface area contributed by atoms with Crippen LogP contribution in [-0.2, 0) is 5.41 Å². The third-order valence-electron chi connectivity index (χ3n) is 11.7. The van der Waals surface area contributed by atoms with Gasteiger partial charge in [-0.05, 0) is 90.1 Å². The zero-order valence-electron chi connectivity index (χ0n) is 30.5. The zero-order valence-corrected chi connectivity index (χ0v) is 30.5. The molecule has 1 atom stereocenters. The minimum absolute atomic E-state index is 0.0679. The first kappa shape index (κ1) is 31.7. The zero-order chi connectivity index (χ0) is 36.5. The predicted octanol–water partition coefficient (Wildman–Crippen LogP) is 13.5. The van der Waals surface area contributed by atoms with Crippen LogP contribution in [0.5, 0.6) is 0 Å². The van der Waals surface area contributed by atoms with Crippen molar-refractivity contribution in [3.8, 4) is 22.5 Å². The quantitative estimate of drug-likeness (QED) is 0.179. The molecule has 0 saturated heterocycles. The lowest BCUT2D eigenvalue weighted by Crippen LogP contribution is -2.20. The highest BCUT2D eigenvalue weighted by atomic mass is 16.3. The fraction of sp³-hybridized carbons (Fsp3) is 0.0980. The lowest BCUT2D eigenvalue weighted by atomic mass is 9.76. The summed E-state index contributed by atoms with van der Waals surface area (Å²) in [5.74, 6) is 0.694. The second kappa shape index (κ2) is 12.4. The number of rotatable bonds is 5. The number of fused-ring (bicyclic) bond motifs is 7. The van der Waals surface area contributed by atoms with E-state index in [1.165, 1.54) is 38.6 Å². The van der Waals surface area contributed by atoms with Crippen molar-refractivity contribution in [1.82, 2.24) is 14.5 Å². The first-order chi connectivity index (χ1) is 27.1. The van der Waals surface area contributed by atoms with Crippen molar-refractivity contribution in [2.24, 2.45) is 0 Å². The number of benzene rings is 6. The van der Waals surface area contributed by atoms with E-state index in [2.05, 4.69) is 169 Å². The van der Waals surface area contributed by atoms with E-state index >= 15 is 0 Å². The van der Waals surface area contributed by atoms with Gasteiger partial charge in [0.15, 0.2) is 5.82 Å². The van der Waals surface area contributed by atoms with E-state index in [0.29, 0.717) is 5.82 Å². The summed E-state index contributed by atoms with van der Waals surface area (Å²) in [6.07, 6.45) is 16.6. The monoisotopic (exact) mass is 707 g/mol. The third kappa shape index (κ3) is 5.13. The molecule has 1 unspecified atom stereocenters. The van der Waals surface area contributed by atoms with Gasteiger partial charge in [-0.2, -0.15) is 0 Å². The number of furan rings is 1. The summed E-state index contributed by atoms with van der Waals surface area (Å²) in [4.78, 5) is 10.5. The number of hydrogen-bond acceptors (Lipinski definition) is 3. The van der Waals surface area contributed by atoms with Crippen LogP contribution in [0.4, 0.5) is 0 Å². The van der Waals surface area contributed by atoms with Crippen LogP contribution in [0.1, 0.15) is 37.4 Å². The lowest BCUT2D eigenvalue weighted by Gasteiger charge is -2.28. The highest BCUT2D eigenvalue weighted by molar-refractivity contribution is 6.14. The normalized spacial score (nSPS) is 17.1. The topological polar surface area (TPSA) is 43.9 Å². The average Bonchev–Trinajstić information content (AvgIpc) is 3.79. The maximum atomic E-state index is 6.51. The van der Waals surface area contributed by atoms with Gasteiger partial charge >= 0.3 is 0 Å². The Morgan fingerprint density at radius 1 is 0.673 bits per heavy atom. The Hall–Kier alpha value is -6.78. The molecule has 11 rings (SSSR count). The molecule has 0 saturated carbocycles. The predicted molar refractivity (Wildman–Crippen MR) is 229 cm³/mol. The molecule has 0 spiro atoms. The molecule has 4 nitrogen and oxygen atoms in total. The maximum Gasteiger partial charge on any atom is 0.161 e. The summed E-state index contributed by atoms with van der Waals surface area (Å²) < 4.78 is 8.95. The van der Waals surface area contributed by atoms with E-state index < -0.39 is 0 Å². The third-order valence-corrected chi connectivity index (χ3v) is 11.7. The van der Waals surface area contributed by atoms with E-state index in [1.807, 2.05) is 12.1 Å². The molecule has 6 aromatic carbocycles. The second-order valence-electron chi connectivity index (χ2n) is 15.1. The Bertz CT molecular complexity index is 3140. The molecule has 4 heteroatoms. The number of hydrogen-bond donors (Lipinski definition) is 0. The van der Waals surface area contributed by atoms with Gasteiger partial charge in [0, 0.05) is 43.6 Å². The Morgan fingerprint density at radius 3 is 2.29 bits per heavy atom. The Kier molecular flexibility index (Phi) is 7.15. The molecule has 0 amide bonds. The summed E-state index contributed by atoms with van der Waals surface area (Å²) in [7, 11) is 0. The number of aromatic nitrogens is 3. The molecule has 0 aliphatic heterocycles. The molecular weight excluding hydrogens is 671 g/mol. The van der Waals surface area contributed by atoms with E-state index in [9.17, 15) is 0 Å². The van der Waals surface area contributed by atoms with Crippen LogP contribution < -0.4 is 0 Å². The first-order valence-electron chi connectivity index (χ1n) is 19.2. The summed E-state index contributed by atoms with van der Waals surface area (Å²) in [6.45, 7) is 2.30. The van der Waals surface area contributed by atoms with Crippen LogP contribution in [-0.4, -0.2) is 14.5 Å². The van der Waals surface area contributed by atoms with Crippen molar-refractivity contribution in [2.75, 3.05) is 0 Å². The van der Waals surface area contributed by atoms with Crippen molar-refractivity contribution in [3.63, 3.8) is 0 Å². The van der Waals surface area contributed by atoms with Gasteiger partial charge in [-0.1, -0.05) is 128 Å². The molecule has 3 heterocycles. The van der Waals surface area contributed by atoms with Crippen molar-refractivity contribution < 1.29 is 4.42 Å². The number of para-hydroxylation sites is 2. The lowest BCUT2D eigenvalue weighted by molar-refractivity contribution is 0.601. The molecule has 0 N–H and O–H groups in total. The van der Waals surface area contributed by atoms with Crippen LogP contribution >= 0.6 is 0 Å². The first-order valence-corrected chi connectivity index (χ1v) is 19.2. The van der Waals surface area contributed by atoms with Crippen molar-refractivity contribution in [3.05, 3.63) is 181 Å². The fourth-order valence-electron chi connectivity index (χ4n) is 8.79. The van der Waals surface area contributed by atoms with E-state index in [0.717, 1.165) is 74.5 Å². The van der Waals surface area contributed by atoms with Gasteiger partial charge in [0.05, 0.1) is 22.2 Å². The Morgan fingerprint density at radius 2 is 1.45 bits per heavy atom. The average molecular weight is 708 g/mol. The largest absolute Gasteiger partial charge is 0.456 e. The van der Waals surface area contributed by atoms with Crippen LogP contribution in [0, 0.1) is 0 Å². The molecule has 262 valence electrons. The summed E-state index contributed by atoms with van der Waals surface area (Å²) >= 11 is 0. The highest BCUT2D eigenvalue weighted by Crippen LogP contribution is 2.42. The van der Waals surface area contributed by atoms with Crippen molar-refractivity contribution in [1.29, 1.82) is 0 Å². The molecule has 0 radical (unpaired) electrons. The van der Waals surface area contributed by atoms with E-state index in [1.54, 1.807) is 0 Å². The van der Waals surface area contributed by atoms with E-state index in [-0.39, 0.29) is 5.41 Å². The number of allylic oxidation sites excluding steroid dienone is 8. The van der Waals surface area contributed by atoms with Gasteiger partial charge in [-0.25, -0.2) is 9.97 Å². The van der Waals surface area contributed by atoms with E-state index in [4.69, 9.17) is 14.4 Å². The van der Waals surface area contributed by atoms with Gasteiger partial charge in [0.25, 0.3) is 0 Å². The van der Waals surface area contributed by atoms with Crippen LogP contribution in [0.3, 0.4) is 0 Å². The molecular formula is C51H37N3O. The van der Waals surface area contributed by atoms with Gasteiger partial charge in [0.1, 0.15) is 11.2 Å². The molecule has 0 bridgehead atoms. The smallest absolute Gasteiger partial charge is 0.161 e. The van der Waals surface area contributed by atoms with Crippen molar-refractivity contribution >= 4 is 65.9 Å². The fourth-order valence-corrected chi connectivity index (χ4v) is 8.79. The van der Waals surface area contributed by atoms with Crippen LogP contribution in [0.15, 0.2) is 174 Å². The standard InChI is InChI=1S/C51H37N3O/c1-51(36-13-4-2-5-14-36)29-27-33(28-30-51)49-39-18-8-10-20-43(39)52-50(53-49)40-19-12-22-47-48(40)42-32-35(24-26-46(42)55-47)34-23-25-45-41(31-34)38-17-9-11-21-44(38)54(45)37-15-6-3-7-16-37/h2-6,8-15,17-29,31-32H,7,16,30H2,1H3. The minimum Gasteiger partial charge on any atom is -0.456 e. The maximum absolute atomic E-state index is 6.51. The van der Waals surface area contributed by atoms with Crippen LogP contribution in [0.25, 0.3) is 88.4 Å². The molecule has 3 aromatic heterocycles. The van der Waals surface area contributed by atoms with Crippen LogP contribution in [0.2, 0.25) is 0 Å². The summed E-state index contributed by atoms with van der Waals surface area (Å²) in [6, 6.07) is 47.5. The summed E-state index contributed by atoms with van der Waals surface area (Å²) in [5.41, 5.74) is 13.0. The molecule has 9 aromatic rings. The SMILES string of the molecule is CC1(c2ccccc2)C=CC(c2nc(-c3cccc4oc5ccc(-c6ccc7c(c6)c6ccccc6n7C6=CC=CCC6)cc5c34)nc3ccccc23)=CC1. The number of nitrogens with zero attached hydrogens (tertiary/aromatic N) is 3. The van der Waals surface area contributed by atoms with Gasteiger partial charge in [-0.3, -0.25) is 0 Å². The van der Waals surface area contributed by atoms with Gasteiger partial charge in [0.2, 0.25) is 0 Å². The second-order valence-corrected chi connectivity index (χ2v) is 15.1. The minimum atomic E-state index is -0.0679. The van der Waals surface area contributed by atoms with Gasteiger partial charge in [-0.15, -0.1) is 0 Å². The summed E-state index contributed by atoms with van der Waals surface area (Å²) in [5, 5.41) is 5.65. The molecule has 55 heavy (non-hydrogen) atoms. The van der Waals surface area contributed by atoms with Gasteiger partial charge < -0.3 is 8.98 Å². The van der Waals surface area contributed by atoms with Crippen molar-refractivity contribution in [2.45, 2.75) is 31.6 Å². The molecule has 0 fully saturated rings. The Labute approximate surface area is 319 Å². The molecule has 2 aliphatic carbocycles. The molecule has 2 aliphatic rings. The Balaban J connectivity index is 1.04.